The first kappa shape index (κ1) is 24.4. The molecule has 0 radical (unpaired) electrons. The van der Waals surface area contributed by atoms with Crippen molar-refractivity contribution in [3.05, 3.63) is 77.0 Å². The van der Waals surface area contributed by atoms with Crippen LogP contribution in [0.4, 0.5) is 19.0 Å². The number of benzene rings is 1. The molecule has 0 spiro atoms. The van der Waals surface area contributed by atoms with Crippen molar-refractivity contribution < 1.29 is 27.6 Å². The fourth-order valence-corrected chi connectivity index (χ4v) is 3.35. The van der Waals surface area contributed by atoms with Gasteiger partial charge in [0.1, 0.15) is 23.1 Å². The first-order valence-electron chi connectivity index (χ1n) is 10.4. The van der Waals surface area contributed by atoms with E-state index >= 15 is 0 Å². The molecule has 0 unspecified atom stereocenters. The molecule has 0 aliphatic carbocycles. The molecule has 1 aromatic carbocycles. The molecule has 0 saturated carbocycles. The first-order valence-corrected chi connectivity index (χ1v) is 10.4. The summed E-state index contributed by atoms with van der Waals surface area (Å²) >= 11 is 0. The Labute approximate surface area is 201 Å². The number of aryl methyl sites for hydroxylation is 1. The summed E-state index contributed by atoms with van der Waals surface area (Å²) in [5.41, 5.74) is 0.0341. The molecular weight excluding hydrogens is 479 g/mol. The second kappa shape index (κ2) is 9.52. The standard InChI is InChI=1S/C23H18F3N7O3/c1-12(34)14-3-5-15(6-4-14)21(35)31-20-18-17(32-33(20)2)19(30-11-29-18)22(36)28-10-13-7-8-27-16(9-13)23(24,25)26/h3-9,11H,10H2,1-2H3,(H,28,36)(H,31,35). The largest absolute Gasteiger partial charge is 0.433 e. The number of nitrogens with one attached hydrogen (secondary N) is 2. The van der Waals surface area contributed by atoms with E-state index in [1.807, 2.05) is 0 Å². The summed E-state index contributed by atoms with van der Waals surface area (Å²) in [5, 5.41) is 9.42. The molecule has 184 valence electrons. The summed E-state index contributed by atoms with van der Waals surface area (Å²) in [6.07, 6.45) is -2.48. The minimum absolute atomic E-state index is 0.0884. The zero-order valence-corrected chi connectivity index (χ0v) is 18.9. The Morgan fingerprint density at radius 1 is 0.944 bits per heavy atom. The number of hydrogen-bond donors (Lipinski definition) is 2. The molecule has 2 amide bonds. The zero-order valence-electron chi connectivity index (χ0n) is 18.9. The molecule has 13 heteroatoms. The Balaban J connectivity index is 1.54. The Morgan fingerprint density at radius 2 is 1.64 bits per heavy atom. The SMILES string of the molecule is CC(=O)c1ccc(C(=O)Nc2c3ncnc(C(=O)NCc4ccnc(C(F)(F)F)c4)c3nn2C)cc1. The third kappa shape index (κ3) is 5.04. The highest BCUT2D eigenvalue weighted by atomic mass is 19.4. The number of amides is 2. The maximum Gasteiger partial charge on any atom is 0.433 e. The molecule has 3 aromatic heterocycles. The lowest BCUT2D eigenvalue weighted by Gasteiger charge is -2.09. The van der Waals surface area contributed by atoms with Gasteiger partial charge in [0.25, 0.3) is 11.8 Å². The van der Waals surface area contributed by atoms with Crippen LogP contribution in [0.15, 0.2) is 48.9 Å². The molecule has 36 heavy (non-hydrogen) atoms. The molecule has 4 rings (SSSR count). The van der Waals surface area contributed by atoms with E-state index in [9.17, 15) is 27.6 Å². The number of halogens is 3. The molecule has 0 saturated heterocycles. The molecule has 10 nitrogen and oxygen atoms in total. The molecular formula is C23H18F3N7O3. The highest BCUT2D eigenvalue weighted by molar-refractivity contribution is 6.10. The van der Waals surface area contributed by atoms with Crippen molar-refractivity contribution >= 4 is 34.4 Å². The maximum absolute atomic E-state index is 12.9. The monoisotopic (exact) mass is 497 g/mol. The van der Waals surface area contributed by atoms with Crippen molar-refractivity contribution in [1.29, 1.82) is 0 Å². The van der Waals surface area contributed by atoms with Crippen LogP contribution in [0.2, 0.25) is 0 Å². The molecule has 4 aromatic rings. The van der Waals surface area contributed by atoms with Gasteiger partial charge in [-0.3, -0.25) is 19.4 Å². The Bertz CT molecular complexity index is 1480. The van der Waals surface area contributed by atoms with Crippen molar-refractivity contribution in [2.24, 2.45) is 7.05 Å². The predicted octanol–water partition coefficient (Wildman–Crippen LogP) is 3.16. The van der Waals surface area contributed by atoms with E-state index in [-0.39, 0.29) is 46.0 Å². The van der Waals surface area contributed by atoms with Gasteiger partial charge in [0, 0.05) is 30.9 Å². The topological polar surface area (TPSA) is 132 Å². The van der Waals surface area contributed by atoms with E-state index < -0.39 is 23.7 Å². The summed E-state index contributed by atoms with van der Waals surface area (Å²) < 4.78 is 39.9. The van der Waals surface area contributed by atoms with Gasteiger partial charge >= 0.3 is 6.18 Å². The number of aromatic nitrogens is 5. The van der Waals surface area contributed by atoms with Crippen molar-refractivity contribution in [2.75, 3.05) is 5.32 Å². The van der Waals surface area contributed by atoms with Crippen LogP contribution in [0.25, 0.3) is 11.0 Å². The van der Waals surface area contributed by atoms with Crippen LogP contribution in [0.1, 0.15) is 49.4 Å². The zero-order chi connectivity index (χ0) is 26.0. The van der Waals surface area contributed by atoms with Crippen LogP contribution in [-0.2, 0) is 19.8 Å². The van der Waals surface area contributed by atoms with Gasteiger partial charge in [-0.05, 0) is 36.8 Å². The quantitative estimate of drug-likeness (QED) is 0.391. The van der Waals surface area contributed by atoms with Gasteiger partial charge < -0.3 is 10.6 Å². The number of pyridine rings is 1. The van der Waals surface area contributed by atoms with Crippen LogP contribution in [-0.4, -0.2) is 42.3 Å². The fourth-order valence-electron chi connectivity index (χ4n) is 3.35. The Morgan fingerprint density at radius 3 is 2.31 bits per heavy atom. The van der Waals surface area contributed by atoms with Crippen molar-refractivity contribution in [3.63, 3.8) is 0 Å². The van der Waals surface area contributed by atoms with Gasteiger partial charge in [-0.25, -0.2) is 14.6 Å². The summed E-state index contributed by atoms with van der Waals surface area (Å²) in [6.45, 7) is 1.21. The lowest BCUT2D eigenvalue weighted by Crippen LogP contribution is -2.24. The first-order chi connectivity index (χ1) is 17.0. The molecule has 0 fully saturated rings. The average molecular weight is 497 g/mol. The van der Waals surface area contributed by atoms with Crippen molar-refractivity contribution in [3.8, 4) is 0 Å². The van der Waals surface area contributed by atoms with E-state index in [1.54, 1.807) is 0 Å². The number of Topliss-reactive ketones (excluding diaryl/α,β-unsaturated/α-hetero) is 1. The number of nitrogens with zero attached hydrogens (tertiary/aromatic N) is 5. The van der Waals surface area contributed by atoms with Crippen LogP contribution in [0, 0.1) is 0 Å². The van der Waals surface area contributed by atoms with Crippen LogP contribution < -0.4 is 10.6 Å². The molecule has 3 heterocycles. The number of carbonyl (C=O) groups is 3. The molecule has 0 aliphatic heterocycles. The third-order valence-corrected chi connectivity index (χ3v) is 5.19. The lowest BCUT2D eigenvalue weighted by atomic mass is 10.1. The van der Waals surface area contributed by atoms with Crippen molar-refractivity contribution in [2.45, 2.75) is 19.6 Å². The number of rotatable bonds is 6. The van der Waals surface area contributed by atoms with Crippen LogP contribution >= 0.6 is 0 Å². The van der Waals surface area contributed by atoms with Gasteiger partial charge in [-0.15, -0.1) is 0 Å². The number of fused-ring (bicyclic) bond motifs is 1. The Kier molecular flexibility index (Phi) is 6.47. The summed E-state index contributed by atoms with van der Waals surface area (Å²) in [5.74, 6) is -1.11. The predicted molar refractivity (Wildman–Crippen MR) is 121 cm³/mol. The third-order valence-electron chi connectivity index (χ3n) is 5.19. The normalized spacial score (nSPS) is 11.4. The second-order valence-electron chi connectivity index (χ2n) is 7.71. The number of ketones is 1. The average Bonchev–Trinajstić information content (AvgIpc) is 3.17. The van der Waals surface area contributed by atoms with E-state index in [0.29, 0.717) is 5.56 Å². The van der Waals surface area contributed by atoms with Crippen LogP contribution in [0.5, 0.6) is 0 Å². The number of alkyl halides is 3. The Hall–Kier alpha value is -4.68. The summed E-state index contributed by atoms with van der Waals surface area (Å²) in [7, 11) is 1.54. The molecule has 2 N–H and O–H groups in total. The molecule has 0 aliphatic rings. The van der Waals surface area contributed by atoms with E-state index in [4.69, 9.17) is 0 Å². The number of carbonyl (C=O) groups excluding carboxylic acids is 3. The number of hydrogen-bond acceptors (Lipinski definition) is 7. The van der Waals surface area contributed by atoms with Gasteiger partial charge in [0.15, 0.2) is 17.3 Å². The highest BCUT2D eigenvalue weighted by Crippen LogP contribution is 2.28. The van der Waals surface area contributed by atoms with Gasteiger partial charge in [0.05, 0.1) is 0 Å². The van der Waals surface area contributed by atoms with Gasteiger partial charge in [-0.2, -0.15) is 18.3 Å². The minimum Gasteiger partial charge on any atom is -0.347 e. The summed E-state index contributed by atoms with van der Waals surface area (Å²) in [6, 6.07) is 8.26. The highest BCUT2D eigenvalue weighted by Gasteiger charge is 2.32. The fraction of sp³-hybridized carbons (Fsp3) is 0.174. The minimum atomic E-state index is -4.61. The van der Waals surface area contributed by atoms with Gasteiger partial charge in [-0.1, -0.05) is 12.1 Å². The smallest absolute Gasteiger partial charge is 0.347 e. The molecule has 0 atom stereocenters. The number of anilines is 1. The van der Waals surface area contributed by atoms with Crippen molar-refractivity contribution in [1.82, 2.24) is 30.0 Å². The van der Waals surface area contributed by atoms with E-state index in [2.05, 4.69) is 30.7 Å². The van der Waals surface area contributed by atoms with Crippen LogP contribution in [0.3, 0.4) is 0 Å². The van der Waals surface area contributed by atoms with E-state index in [1.165, 1.54) is 49.0 Å². The van der Waals surface area contributed by atoms with E-state index in [0.717, 1.165) is 18.6 Å². The maximum atomic E-state index is 12.9. The second-order valence-corrected chi connectivity index (χ2v) is 7.71. The molecule has 0 bridgehead atoms. The van der Waals surface area contributed by atoms with Gasteiger partial charge in [0.2, 0.25) is 0 Å². The summed E-state index contributed by atoms with van der Waals surface area (Å²) in [4.78, 5) is 48.3. The lowest BCUT2D eigenvalue weighted by molar-refractivity contribution is -0.141.